The maximum absolute atomic E-state index is 13.5. The molecule has 0 saturated heterocycles. The third-order valence-electron chi connectivity index (χ3n) is 4.46. The number of benzene rings is 2. The minimum atomic E-state index is -0.305. The Labute approximate surface area is 173 Å². The molecule has 3 aromatic rings. The lowest BCUT2D eigenvalue weighted by atomic mass is 10.1. The average molecular weight is 412 g/mol. The Morgan fingerprint density at radius 1 is 1.03 bits per heavy atom. The molecule has 0 radical (unpaired) electrons. The van der Waals surface area contributed by atoms with Gasteiger partial charge in [-0.25, -0.2) is 4.39 Å². The fourth-order valence-electron chi connectivity index (χ4n) is 2.91. The molecule has 0 bridgehead atoms. The second-order valence-electron chi connectivity index (χ2n) is 6.75. The van der Waals surface area contributed by atoms with E-state index in [1.165, 1.54) is 23.5 Å². The van der Waals surface area contributed by atoms with Gasteiger partial charge in [-0.2, -0.15) is 0 Å². The summed E-state index contributed by atoms with van der Waals surface area (Å²) in [6, 6.07) is 16.5. The summed E-state index contributed by atoms with van der Waals surface area (Å²) in [4.78, 5) is 27.1. The Balaban J connectivity index is 1.60. The summed E-state index contributed by atoms with van der Waals surface area (Å²) in [5.74, 6) is -0.716. The van der Waals surface area contributed by atoms with Gasteiger partial charge in [0, 0.05) is 17.8 Å². The Morgan fingerprint density at radius 3 is 2.41 bits per heavy atom. The zero-order chi connectivity index (χ0) is 20.8. The molecule has 2 aromatic carbocycles. The normalized spacial score (nSPS) is 11.9. The van der Waals surface area contributed by atoms with Crippen LogP contribution in [0.2, 0.25) is 0 Å². The maximum Gasteiger partial charge on any atom is 0.265 e. The highest BCUT2D eigenvalue weighted by atomic mass is 32.1. The Hall–Kier alpha value is -3.03. The Morgan fingerprint density at radius 2 is 1.79 bits per heavy atom. The molecule has 0 aliphatic heterocycles. The highest BCUT2D eigenvalue weighted by Gasteiger charge is 2.16. The third kappa shape index (κ3) is 5.49. The van der Waals surface area contributed by atoms with Crippen LogP contribution in [0.3, 0.4) is 0 Å². The van der Waals surface area contributed by atoms with Crippen molar-refractivity contribution in [3.05, 3.63) is 87.9 Å². The van der Waals surface area contributed by atoms with Crippen molar-refractivity contribution in [2.45, 2.75) is 6.04 Å². The number of halogens is 1. The smallest absolute Gasteiger partial charge is 0.265 e. The topological polar surface area (TPSA) is 61.4 Å². The summed E-state index contributed by atoms with van der Waals surface area (Å²) in [7, 11) is 3.76. The van der Waals surface area contributed by atoms with Crippen LogP contribution in [0.4, 0.5) is 10.1 Å². The van der Waals surface area contributed by atoms with E-state index < -0.39 is 0 Å². The second kappa shape index (κ2) is 9.45. The van der Waals surface area contributed by atoms with Gasteiger partial charge in [0.25, 0.3) is 11.8 Å². The molecular weight excluding hydrogens is 389 g/mol. The van der Waals surface area contributed by atoms with Crippen molar-refractivity contribution in [1.82, 2.24) is 10.2 Å². The Bertz CT molecular complexity index is 972. The summed E-state index contributed by atoms with van der Waals surface area (Å²) < 4.78 is 13.5. The van der Waals surface area contributed by atoms with Gasteiger partial charge in [0.15, 0.2) is 0 Å². The van der Waals surface area contributed by atoms with Crippen LogP contribution in [0.15, 0.2) is 66.0 Å². The molecule has 0 unspecified atom stereocenters. The van der Waals surface area contributed by atoms with Crippen LogP contribution in [0.5, 0.6) is 0 Å². The number of carbonyl (C=O) groups is 2. The number of nitrogens with one attached hydrogen (secondary N) is 2. The van der Waals surface area contributed by atoms with Crippen molar-refractivity contribution in [2.24, 2.45) is 0 Å². The van der Waals surface area contributed by atoms with Gasteiger partial charge >= 0.3 is 0 Å². The number of hydrogen-bond acceptors (Lipinski definition) is 4. The van der Waals surface area contributed by atoms with Crippen LogP contribution in [0.25, 0.3) is 0 Å². The van der Waals surface area contributed by atoms with Crippen molar-refractivity contribution in [3.63, 3.8) is 0 Å². The number of nitrogens with zero attached hydrogens (tertiary/aromatic N) is 1. The van der Waals surface area contributed by atoms with Crippen LogP contribution in [-0.4, -0.2) is 37.4 Å². The second-order valence-corrected chi connectivity index (χ2v) is 7.70. The number of carbonyl (C=O) groups excluding carboxylic acids is 2. The van der Waals surface area contributed by atoms with Crippen LogP contribution in [-0.2, 0) is 0 Å². The molecule has 29 heavy (non-hydrogen) atoms. The molecule has 0 saturated carbocycles. The molecule has 0 fully saturated rings. The van der Waals surface area contributed by atoms with Crippen LogP contribution in [0.1, 0.15) is 31.6 Å². The first-order valence-electron chi connectivity index (χ1n) is 9.09. The van der Waals surface area contributed by atoms with Gasteiger partial charge in [0.05, 0.1) is 10.9 Å². The van der Waals surface area contributed by atoms with E-state index in [4.69, 9.17) is 0 Å². The van der Waals surface area contributed by atoms with E-state index in [1.54, 1.807) is 36.4 Å². The van der Waals surface area contributed by atoms with Crippen molar-refractivity contribution in [1.29, 1.82) is 0 Å². The number of thiophene rings is 1. The zero-order valence-corrected chi connectivity index (χ0v) is 17.0. The first-order chi connectivity index (χ1) is 13.9. The van der Waals surface area contributed by atoms with Gasteiger partial charge in [-0.05, 0) is 67.5 Å². The summed E-state index contributed by atoms with van der Waals surface area (Å²) >= 11 is 1.37. The van der Waals surface area contributed by atoms with Crippen molar-refractivity contribution in [2.75, 3.05) is 26.0 Å². The Kier molecular flexibility index (Phi) is 6.74. The van der Waals surface area contributed by atoms with E-state index in [0.717, 1.165) is 5.56 Å². The number of anilines is 1. The first-order valence-corrected chi connectivity index (χ1v) is 9.97. The van der Waals surface area contributed by atoms with E-state index in [0.29, 0.717) is 22.7 Å². The SMILES string of the molecule is CN(C)[C@@H](CNC(=O)c1ccc(NC(=O)c2cccs2)cc1)c1cccc(F)c1. The van der Waals surface area contributed by atoms with E-state index >= 15 is 0 Å². The minimum absolute atomic E-state index is 0.154. The lowest BCUT2D eigenvalue weighted by Gasteiger charge is -2.25. The predicted molar refractivity (Wildman–Crippen MR) is 114 cm³/mol. The van der Waals surface area contributed by atoms with Gasteiger partial charge in [0.2, 0.25) is 0 Å². The fraction of sp³-hybridized carbons (Fsp3) is 0.182. The van der Waals surface area contributed by atoms with Crippen molar-refractivity contribution in [3.8, 4) is 0 Å². The molecule has 1 aromatic heterocycles. The quantitative estimate of drug-likeness (QED) is 0.613. The summed E-state index contributed by atoms with van der Waals surface area (Å²) in [5, 5.41) is 7.53. The van der Waals surface area contributed by atoms with Crippen molar-refractivity contribution >= 4 is 28.8 Å². The number of likely N-dealkylation sites (N-methyl/N-ethyl adjacent to an activating group) is 1. The maximum atomic E-state index is 13.5. The first kappa shape index (κ1) is 20.7. The number of amides is 2. The average Bonchev–Trinajstić information content (AvgIpc) is 3.23. The van der Waals surface area contributed by atoms with E-state index in [2.05, 4.69) is 10.6 Å². The largest absolute Gasteiger partial charge is 0.350 e. The van der Waals surface area contributed by atoms with Gasteiger partial charge in [-0.3, -0.25) is 9.59 Å². The molecule has 150 valence electrons. The zero-order valence-electron chi connectivity index (χ0n) is 16.2. The number of rotatable bonds is 7. The third-order valence-corrected chi connectivity index (χ3v) is 5.33. The summed E-state index contributed by atoms with van der Waals surface area (Å²) in [5.41, 5.74) is 1.89. The number of hydrogen-bond donors (Lipinski definition) is 2. The van der Waals surface area contributed by atoms with E-state index in [1.807, 2.05) is 36.5 Å². The molecule has 7 heteroatoms. The lowest BCUT2D eigenvalue weighted by Crippen LogP contribution is -2.34. The van der Waals surface area contributed by atoms with Gasteiger partial charge < -0.3 is 15.5 Å². The van der Waals surface area contributed by atoms with Crippen LogP contribution < -0.4 is 10.6 Å². The van der Waals surface area contributed by atoms with E-state index in [9.17, 15) is 14.0 Å². The van der Waals surface area contributed by atoms with Gasteiger partial charge in [0.1, 0.15) is 5.82 Å². The standard InChI is InChI=1S/C22H22FN3O2S/c1-26(2)19(16-5-3-6-17(23)13-16)14-24-21(27)15-8-10-18(11-9-15)25-22(28)20-7-4-12-29-20/h3-13,19H,14H2,1-2H3,(H,24,27)(H,25,28)/t19-/m0/s1. The molecule has 5 nitrogen and oxygen atoms in total. The highest BCUT2D eigenvalue weighted by molar-refractivity contribution is 7.12. The molecule has 1 atom stereocenters. The van der Waals surface area contributed by atoms with Crippen LogP contribution in [0, 0.1) is 5.82 Å². The summed E-state index contributed by atoms with van der Waals surface area (Å²) in [6.45, 7) is 0.339. The van der Waals surface area contributed by atoms with Crippen LogP contribution >= 0.6 is 11.3 Å². The summed E-state index contributed by atoms with van der Waals surface area (Å²) in [6.07, 6.45) is 0. The molecule has 3 rings (SSSR count). The molecule has 0 spiro atoms. The molecule has 0 aliphatic rings. The lowest BCUT2D eigenvalue weighted by molar-refractivity contribution is 0.0941. The van der Waals surface area contributed by atoms with Gasteiger partial charge in [-0.1, -0.05) is 18.2 Å². The monoisotopic (exact) mass is 411 g/mol. The molecule has 2 N–H and O–H groups in total. The van der Waals surface area contributed by atoms with Gasteiger partial charge in [-0.15, -0.1) is 11.3 Å². The fourth-order valence-corrected chi connectivity index (χ4v) is 3.53. The molecule has 1 heterocycles. The van der Waals surface area contributed by atoms with E-state index in [-0.39, 0.29) is 23.7 Å². The molecule has 0 aliphatic carbocycles. The molecule has 2 amide bonds. The predicted octanol–water partition coefficient (Wildman–Crippen LogP) is 4.17. The minimum Gasteiger partial charge on any atom is -0.350 e. The van der Waals surface area contributed by atoms with Crippen molar-refractivity contribution < 1.29 is 14.0 Å². The molecular formula is C22H22FN3O2S. The highest BCUT2D eigenvalue weighted by Crippen LogP contribution is 2.19.